The number of nitrogens with two attached hydrogens (primary N) is 1. The van der Waals surface area contributed by atoms with Crippen LogP contribution in [0.2, 0.25) is 0 Å². The molecule has 0 saturated heterocycles. The summed E-state index contributed by atoms with van der Waals surface area (Å²) in [5, 5.41) is 9.42. The van der Waals surface area contributed by atoms with Crippen LogP contribution in [0.15, 0.2) is 21.2 Å². The Bertz CT molecular complexity index is 1270. The summed E-state index contributed by atoms with van der Waals surface area (Å²) >= 11 is 0. The SMILES string of the molecule is Cc1cc(C=C(C#N)C(=O)OCC(=O)c2c(N)n(C)c(=O)n(C)c2=O)c(C)n1CC(C)C. The number of aryl methyl sites for hydroxylation is 1. The van der Waals surface area contributed by atoms with Crippen molar-refractivity contribution in [2.75, 3.05) is 12.3 Å². The molecule has 0 aliphatic rings. The number of rotatable bonds is 7. The number of ketones is 1. The molecule has 170 valence electrons. The van der Waals surface area contributed by atoms with Crippen LogP contribution in [0.25, 0.3) is 6.08 Å². The maximum absolute atomic E-state index is 12.5. The van der Waals surface area contributed by atoms with Gasteiger partial charge >= 0.3 is 11.7 Å². The molecule has 10 nitrogen and oxygen atoms in total. The number of aromatic nitrogens is 3. The molecule has 2 aromatic heterocycles. The zero-order valence-electron chi connectivity index (χ0n) is 19.1. The van der Waals surface area contributed by atoms with Crippen molar-refractivity contribution < 1.29 is 14.3 Å². The van der Waals surface area contributed by atoms with Gasteiger partial charge in [0, 0.05) is 32.0 Å². The number of nitrogens with zero attached hydrogens (tertiary/aromatic N) is 4. The number of ether oxygens (including phenoxy) is 1. The van der Waals surface area contributed by atoms with Crippen molar-refractivity contribution >= 4 is 23.6 Å². The van der Waals surface area contributed by atoms with Crippen molar-refractivity contribution in [1.82, 2.24) is 13.7 Å². The van der Waals surface area contributed by atoms with Crippen LogP contribution in [0.1, 0.15) is 41.2 Å². The number of esters is 1. The van der Waals surface area contributed by atoms with Gasteiger partial charge in [0.1, 0.15) is 23.0 Å². The van der Waals surface area contributed by atoms with Gasteiger partial charge < -0.3 is 15.0 Å². The number of carbonyl (C=O) groups excluding carboxylic acids is 2. The summed E-state index contributed by atoms with van der Waals surface area (Å²) in [5.74, 6) is -1.79. The highest BCUT2D eigenvalue weighted by atomic mass is 16.5. The lowest BCUT2D eigenvalue weighted by atomic mass is 10.1. The van der Waals surface area contributed by atoms with Gasteiger partial charge in [0.15, 0.2) is 6.61 Å². The van der Waals surface area contributed by atoms with Crippen LogP contribution in [0.5, 0.6) is 0 Å². The molecular weight excluding hydrogens is 414 g/mol. The highest BCUT2D eigenvalue weighted by molar-refractivity contribution is 6.03. The van der Waals surface area contributed by atoms with E-state index in [9.17, 15) is 24.4 Å². The molecule has 0 unspecified atom stereocenters. The summed E-state index contributed by atoms with van der Waals surface area (Å²) in [6.45, 7) is 8.00. The van der Waals surface area contributed by atoms with Gasteiger partial charge in [-0.2, -0.15) is 5.26 Å². The Morgan fingerprint density at radius 1 is 1.22 bits per heavy atom. The molecule has 0 atom stereocenters. The Hall–Kier alpha value is -3.87. The molecule has 0 spiro atoms. The minimum Gasteiger partial charge on any atom is -0.453 e. The Balaban J connectivity index is 2.26. The van der Waals surface area contributed by atoms with Crippen molar-refractivity contribution in [2.24, 2.45) is 20.0 Å². The smallest absolute Gasteiger partial charge is 0.349 e. The van der Waals surface area contributed by atoms with Crippen LogP contribution in [0.4, 0.5) is 5.82 Å². The standard InChI is InChI=1S/C22H27N5O5/c1-12(2)10-27-13(3)7-15(14(27)4)8-16(9-23)21(30)32-11-17(28)18-19(24)25(5)22(31)26(6)20(18)29/h7-8,12H,10-11,24H2,1-6H3. The highest BCUT2D eigenvalue weighted by Crippen LogP contribution is 2.20. The van der Waals surface area contributed by atoms with E-state index in [0.717, 1.165) is 27.1 Å². The molecule has 0 aliphatic heterocycles. The van der Waals surface area contributed by atoms with Crippen molar-refractivity contribution in [3.05, 3.63) is 55.0 Å². The quantitative estimate of drug-likeness (QED) is 0.293. The van der Waals surface area contributed by atoms with Gasteiger partial charge in [-0.3, -0.25) is 18.7 Å². The Kier molecular flexibility index (Phi) is 7.25. The average Bonchev–Trinajstić information content (AvgIpc) is 2.99. The number of carbonyl (C=O) groups is 2. The first-order chi connectivity index (χ1) is 14.9. The topological polar surface area (TPSA) is 142 Å². The van der Waals surface area contributed by atoms with Crippen LogP contribution in [-0.2, 0) is 30.2 Å². The maximum atomic E-state index is 12.5. The monoisotopic (exact) mass is 441 g/mol. The van der Waals surface area contributed by atoms with E-state index >= 15 is 0 Å². The third-order valence-corrected chi connectivity index (χ3v) is 5.12. The molecule has 0 bridgehead atoms. The second kappa shape index (κ2) is 9.51. The van der Waals surface area contributed by atoms with Crippen LogP contribution >= 0.6 is 0 Å². The summed E-state index contributed by atoms with van der Waals surface area (Å²) in [6, 6.07) is 3.65. The van der Waals surface area contributed by atoms with E-state index in [0.29, 0.717) is 11.5 Å². The number of hydrogen-bond acceptors (Lipinski definition) is 7. The lowest BCUT2D eigenvalue weighted by molar-refractivity contribution is -0.137. The first kappa shape index (κ1) is 24.4. The molecule has 0 aliphatic carbocycles. The largest absolute Gasteiger partial charge is 0.453 e. The fourth-order valence-corrected chi connectivity index (χ4v) is 3.32. The van der Waals surface area contributed by atoms with Crippen molar-refractivity contribution in [3.8, 4) is 6.07 Å². The van der Waals surface area contributed by atoms with Gasteiger partial charge in [0.2, 0.25) is 5.78 Å². The second-order valence-electron chi connectivity index (χ2n) is 7.97. The molecule has 32 heavy (non-hydrogen) atoms. The predicted molar refractivity (Wildman–Crippen MR) is 119 cm³/mol. The van der Waals surface area contributed by atoms with Crippen molar-refractivity contribution in [1.29, 1.82) is 5.26 Å². The first-order valence-corrected chi connectivity index (χ1v) is 9.95. The molecule has 2 aromatic rings. The number of nitriles is 1. The molecule has 0 aromatic carbocycles. The molecule has 10 heteroatoms. The van der Waals surface area contributed by atoms with Gasteiger partial charge in [0.05, 0.1) is 0 Å². The highest BCUT2D eigenvalue weighted by Gasteiger charge is 2.22. The fourth-order valence-electron chi connectivity index (χ4n) is 3.32. The summed E-state index contributed by atoms with van der Waals surface area (Å²) in [7, 11) is 2.52. The van der Waals surface area contributed by atoms with Gasteiger partial charge in [-0.15, -0.1) is 0 Å². The van der Waals surface area contributed by atoms with E-state index in [2.05, 4.69) is 18.4 Å². The normalized spacial score (nSPS) is 11.5. The molecule has 2 N–H and O–H groups in total. The molecule has 0 radical (unpaired) electrons. The number of nitrogen functional groups attached to an aromatic ring is 1. The van der Waals surface area contributed by atoms with E-state index < -0.39 is 35.2 Å². The first-order valence-electron chi connectivity index (χ1n) is 9.95. The third-order valence-electron chi connectivity index (χ3n) is 5.12. The molecular formula is C22H27N5O5. The third kappa shape index (κ3) is 4.72. The van der Waals surface area contributed by atoms with E-state index in [4.69, 9.17) is 10.5 Å². The Labute approximate surface area is 185 Å². The molecule has 2 rings (SSSR count). The zero-order chi connectivity index (χ0) is 24.3. The molecule has 0 fully saturated rings. The van der Waals surface area contributed by atoms with E-state index in [1.54, 1.807) is 6.07 Å². The van der Waals surface area contributed by atoms with Crippen LogP contribution in [0, 0.1) is 31.1 Å². The number of Topliss-reactive ketones (excluding diaryl/α,β-unsaturated/α-hetero) is 1. The van der Waals surface area contributed by atoms with Gasteiger partial charge in [-0.05, 0) is 37.5 Å². The minimum atomic E-state index is -1.00. The molecule has 0 saturated carbocycles. The number of anilines is 1. The fraction of sp³-hybridized carbons (Fsp3) is 0.409. The van der Waals surface area contributed by atoms with E-state index in [1.807, 2.05) is 19.9 Å². The number of hydrogen-bond donors (Lipinski definition) is 1. The molecule has 2 heterocycles. The molecule has 0 amide bonds. The van der Waals surface area contributed by atoms with Crippen molar-refractivity contribution in [2.45, 2.75) is 34.2 Å². The van der Waals surface area contributed by atoms with Gasteiger partial charge in [-0.1, -0.05) is 13.8 Å². The summed E-state index contributed by atoms with van der Waals surface area (Å²) in [5.41, 5.74) is 6.00. The van der Waals surface area contributed by atoms with Crippen LogP contribution in [-0.4, -0.2) is 32.1 Å². The minimum absolute atomic E-state index is 0.288. The van der Waals surface area contributed by atoms with E-state index in [1.165, 1.54) is 20.2 Å². The Morgan fingerprint density at radius 2 is 1.84 bits per heavy atom. The zero-order valence-corrected chi connectivity index (χ0v) is 19.1. The lowest BCUT2D eigenvalue weighted by Crippen LogP contribution is -2.42. The summed E-state index contributed by atoms with van der Waals surface area (Å²) < 4.78 is 8.75. The second-order valence-corrected chi connectivity index (χ2v) is 7.97. The van der Waals surface area contributed by atoms with Crippen molar-refractivity contribution in [3.63, 3.8) is 0 Å². The average molecular weight is 441 g/mol. The predicted octanol–water partition coefficient (Wildman–Crippen LogP) is 1.07. The van der Waals surface area contributed by atoms with Crippen LogP contribution < -0.4 is 17.0 Å². The van der Waals surface area contributed by atoms with E-state index in [-0.39, 0.29) is 11.4 Å². The van der Waals surface area contributed by atoms with Gasteiger partial charge in [-0.25, -0.2) is 9.59 Å². The maximum Gasteiger partial charge on any atom is 0.349 e. The Morgan fingerprint density at radius 3 is 2.41 bits per heavy atom. The lowest BCUT2D eigenvalue weighted by Gasteiger charge is -2.12. The van der Waals surface area contributed by atoms with Crippen LogP contribution in [0.3, 0.4) is 0 Å². The summed E-state index contributed by atoms with van der Waals surface area (Å²) in [4.78, 5) is 49.0. The van der Waals surface area contributed by atoms with Gasteiger partial charge in [0.25, 0.3) is 5.56 Å². The summed E-state index contributed by atoms with van der Waals surface area (Å²) in [6.07, 6.45) is 1.41.